The van der Waals surface area contributed by atoms with Gasteiger partial charge in [-0.3, -0.25) is 9.59 Å². The second kappa shape index (κ2) is 9.15. The van der Waals surface area contributed by atoms with Crippen LogP contribution in [0.2, 0.25) is 0 Å². The smallest absolute Gasteiger partial charge is 0.314 e. The Labute approximate surface area is 231 Å². The molecule has 1 spiro atoms. The largest absolute Gasteiger partial charge is 0.469 e. The maximum atomic E-state index is 13.9. The fourth-order valence-electron chi connectivity index (χ4n) is 5.84. The molecule has 0 radical (unpaired) electrons. The molecule has 1 amide bonds. The highest BCUT2D eigenvalue weighted by atomic mass is 16.5. The van der Waals surface area contributed by atoms with Crippen LogP contribution in [0.25, 0.3) is 0 Å². The number of anilines is 3. The molecule has 3 aromatic carbocycles. The molecule has 5 rings (SSSR count). The summed E-state index contributed by atoms with van der Waals surface area (Å²) in [6, 6.07) is 19.9. The van der Waals surface area contributed by atoms with Crippen molar-refractivity contribution in [1.29, 1.82) is 0 Å². The summed E-state index contributed by atoms with van der Waals surface area (Å²) in [6.45, 7) is 15.0. The van der Waals surface area contributed by atoms with Crippen molar-refractivity contribution in [3.63, 3.8) is 0 Å². The Balaban J connectivity index is 1.73. The molecule has 2 aliphatic heterocycles. The van der Waals surface area contributed by atoms with Gasteiger partial charge in [-0.15, -0.1) is 0 Å². The topological polar surface area (TPSA) is 79.5 Å². The number of carbonyl (C=O) groups excluding carboxylic acids is 2. The van der Waals surface area contributed by atoms with Crippen LogP contribution in [0.1, 0.15) is 75.4 Å². The Kier molecular flexibility index (Phi) is 6.28. The fraction of sp³-hybridized carbons (Fsp3) is 0.394. The van der Waals surface area contributed by atoms with Gasteiger partial charge in [-0.2, -0.15) is 0 Å². The normalized spacial score (nSPS) is 22.0. The number of amides is 1. The van der Waals surface area contributed by atoms with Crippen LogP contribution in [0, 0.1) is 12.8 Å². The van der Waals surface area contributed by atoms with E-state index in [0.717, 1.165) is 33.6 Å². The van der Waals surface area contributed by atoms with Gasteiger partial charge in [-0.1, -0.05) is 83.5 Å². The lowest BCUT2D eigenvalue weighted by Gasteiger charge is -2.46. The maximum Gasteiger partial charge on any atom is 0.314 e. The summed E-state index contributed by atoms with van der Waals surface area (Å²) in [5.74, 6) is -1.60. The number of benzene rings is 3. The number of carbonyl (C=O) groups is 2. The quantitative estimate of drug-likeness (QED) is 0.328. The van der Waals surface area contributed by atoms with Crippen molar-refractivity contribution >= 4 is 28.9 Å². The van der Waals surface area contributed by atoms with Gasteiger partial charge in [-0.05, 0) is 58.7 Å². The molecule has 6 nitrogen and oxygen atoms in total. The molecule has 6 heteroatoms. The number of fused-ring (bicyclic) bond motifs is 3. The van der Waals surface area contributed by atoms with Gasteiger partial charge in [0, 0.05) is 22.6 Å². The summed E-state index contributed by atoms with van der Waals surface area (Å²) < 4.78 is 5.42. The van der Waals surface area contributed by atoms with E-state index in [1.54, 1.807) is 0 Å². The Morgan fingerprint density at radius 1 is 0.872 bits per heavy atom. The van der Waals surface area contributed by atoms with Crippen molar-refractivity contribution < 1.29 is 14.3 Å². The minimum atomic E-state index is -1.34. The predicted octanol–water partition coefficient (Wildman–Crippen LogP) is 6.81. The predicted molar refractivity (Wildman–Crippen MR) is 157 cm³/mol. The first-order valence-corrected chi connectivity index (χ1v) is 13.6. The van der Waals surface area contributed by atoms with Crippen molar-refractivity contribution in [2.75, 3.05) is 23.1 Å². The van der Waals surface area contributed by atoms with Crippen molar-refractivity contribution in [3.05, 3.63) is 88.5 Å². The van der Waals surface area contributed by atoms with Crippen molar-refractivity contribution in [2.45, 2.75) is 70.9 Å². The number of esters is 1. The second-order valence-corrected chi connectivity index (χ2v) is 12.9. The average molecular weight is 526 g/mol. The molecule has 204 valence electrons. The Hall–Kier alpha value is -3.80. The van der Waals surface area contributed by atoms with E-state index < -0.39 is 23.5 Å². The summed E-state index contributed by atoms with van der Waals surface area (Å²) in [4.78, 5) is 27.7. The maximum absolute atomic E-state index is 13.9. The van der Waals surface area contributed by atoms with E-state index >= 15 is 0 Å². The van der Waals surface area contributed by atoms with Gasteiger partial charge in [-0.25, -0.2) is 0 Å². The van der Waals surface area contributed by atoms with E-state index in [4.69, 9.17) is 4.74 Å². The molecule has 2 heterocycles. The molecule has 0 bridgehead atoms. The monoisotopic (exact) mass is 525 g/mol. The molecule has 0 saturated heterocycles. The average Bonchev–Trinajstić information content (AvgIpc) is 3.13. The van der Waals surface area contributed by atoms with Gasteiger partial charge in [0.1, 0.15) is 5.92 Å². The minimum absolute atomic E-state index is 0.0175. The SMILES string of the molecule is COC(=O)[C@H]1[C@H](Nc2ccc(C(C)(C)C)cc2)c2cc(C(C)(C)C)ccc2N[C@@]12C(=O)Nc1ccc(C)cc12. The van der Waals surface area contributed by atoms with Crippen LogP contribution in [-0.4, -0.2) is 19.0 Å². The molecule has 3 N–H and O–H groups in total. The number of nitrogens with one attached hydrogen (secondary N) is 3. The number of hydrogen-bond acceptors (Lipinski definition) is 5. The highest BCUT2D eigenvalue weighted by Gasteiger charge is 2.61. The van der Waals surface area contributed by atoms with Crippen LogP contribution in [0.3, 0.4) is 0 Å². The van der Waals surface area contributed by atoms with E-state index in [0.29, 0.717) is 5.69 Å². The van der Waals surface area contributed by atoms with E-state index in [1.165, 1.54) is 12.7 Å². The Morgan fingerprint density at radius 3 is 2.10 bits per heavy atom. The first kappa shape index (κ1) is 26.8. The molecule has 0 fully saturated rings. The van der Waals surface area contributed by atoms with Gasteiger partial charge in [0.2, 0.25) is 0 Å². The number of hydrogen-bond donors (Lipinski definition) is 3. The zero-order valence-electron chi connectivity index (χ0n) is 24.2. The lowest BCUT2D eigenvalue weighted by atomic mass is 9.68. The van der Waals surface area contributed by atoms with Crippen LogP contribution < -0.4 is 16.0 Å². The zero-order chi connectivity index (χ0) is 28.3. The summed E-state index contributed by atoms with van der Waals surface area (Å²) in [7, 11) is 1.39. The molecule has 3 atom stereocenters. The lowest BCUT2D eigenvalue weighted by Crippen LogP contribution is -2.57. The molecule has 0 unspecified atom stereocenters. The molecular formula is C33H39N3O3. The van der Waals surface area contributed by atoms with Crippen LogP contribution >= 0.6 is 0 Å². The lowest BCUT2D eigenvalue weighted by molar-refractivity contribution is -0.151. The number of aryl methyl sites for hydroxylation is 1. The molecule has 0 aromatic heterocycles. The van der Waals surface area contributed by atoms with Crippen molar-refractivity contribution in [1.82, 2.24) is 0 Å². The summed E-state index contributed by atoms with van der Waals surface area (Å²) in [5, 5.41) is 10.2. The van der Waals surface area contributed by atoms with Gasteiger partial charge in [0.05, 0.1) is 13.2 Å². The third-order valence-electron chi connectivity index (χ3n) is 8.12. The molecule has 3 aromatic rings. The third-order valence-corrected chi connectivity index (χ3v) is 8.12. The molecule has 39 heavy (non-hydrogen) atoms. The van der Waals surface area contributed by atoms with Gasteiger partial charge in [0.25, 0.3) is 5.91 Å². The summed E-state index contributed by atoms with van der Waals surface area (Å²) in [6.07, 6.45) is 0. The van der Waals surface area contributed by atoms with E-state index in [9.17, 15) is 9.59 Å². The Bertz CT molecular complexity index is 1450. The first-order valence-electron chi connectivity index (χ1n) is 13.6. The van der Waals surface area contributed by atoms with Gasteiger partial charge in [0.15, 0.2) is 5.54 Å². The fourth-order valence-corrected chi connectivity index (χ4v) is 5.84. The van der Waals surface area contributed by atoms with Crippen molar-refractivity contribution in [2.24, 2.45) is 5.92 Å². The van der Waals surface area contributed by atoms with Crippen LogP contribution in [0.4, 0.5) is 17.1 Å². The number of rotatable bonds is 3. The van der Waals surface area contributed by atoms with Crippen LogP contribution in [0.5, 0.6) is 0 Å². The van der Waals surface area contributed by atoms with Gasteiger partial charge >= 0.3 is 5.97 Å². The third kappa shape index (κ3) is 4.46. The van der Waals surface area contributed by atoms with Crippen molar-refractivity contribution in [3.8, 4) is 0 Å². The van der Waals surface area contributed by atoms with Crippen LogP contribution in [-0.2, 0) is 30.7 Å². The molecular weight excluding hydrogens is 486 g/mol. The van der Waals surface area contributed by atoms with Gasteiger partial charge < -0.3 is 20.7 Å². The summed E-state index contributed by atoms with van der Waals surface area (Å²) in [5.41, 5.74) is 6.02. The Morgan fingerprint density at radius 2 is 1.49 bits per heavy atom. The molecule has 0 saturated carbocycles. The highest BCUT2D eigenvalue weighted by Crippen LogP contribution is 2.54. The number of ether oxygens (including phenoxy) is 1. The standard InChI is InChI=1S/C33H39N3O3/c1-19-9-15-26-24(17-19)33(30(38)35-26)27(29(37)39-8)28(34-22-13-10-20(11-14-22)31(2,3)4)23-18-21(32(5,6)7)12-16-25(23)36-33/h9-18,27-28,34,36H,1-8H3,(H,35,38)/t27-,28-,33-/m1/s1. The van der Waals surface area contributed by atoms with E-state index in [1.807, 2.05) is 43.3 Å². The summed E-state index contributed by atoms with van der Waals surface area (Å²) >= 11 is 0. The highest BCUT2D eigenvalue weighted by molar-refractivity contribution is 6.11. The molecule has 0 aliphatic carbocycles. The van der Waals surface area contributed by atoms with E-state index in [-0.39, 0.29) is 16.7 Å². The second-order valence-electron chi connectivity index (χ2n) is 12.9. The minimum Gasteiger partial charge on any atom is -0.469 e. The molecule has 2 aliphatic rings. The number of methoxy groups -OCH3 is 1. The first-order chi connectivity index (χ1) is 18.3. The zero-order valence-corrected chi connectivity index (χ0v) is 24.2. The van der Waals surface area contributed by atoms with E-state index in [2.05, 4.69) is 81.8 Å². The van der Waals surface area contributed by atoms with Crippen LogP contribution in [0.15, 0.2) is 60.7 Å².